The second kappa shape index (κ2) is 8.23. The van der Waals surface area contributed by atoms with Gasteiger partial charge < -0.3 is 10.4 Å². The third kappa shape index (κ3) is 6.12. The average molecular weight is 271 g/mol. The summed E-state index contributed by atoms with van der Waals surface area (Å²) in [7, 11) is 0. The summed E-state index contributed by atoms with van der Waals surface area (Å²) in [6, 6.07) is 3.24. The zero-order chi connectivity index (χ0) is 14.3. The Hall–Kier alpha value is -1.00. The minimum atomic E-state index is -0.939. The molecule has 1 unspecified atom stereocenters. The first-order chi connectivity index (χ1) is 9.00. The van der Waals surface area contributed by atoms with Crippen molar-refractivity contribution in [1.82, 2.24) is 5.32 Å². The molecule has 1 rings (SSSR count). The second-order valence-corrected chi connectivity index (χ2v) is 5.28. The Morgan fingerprint density at radius 3 is 2.58 bits per heavy atom. The molecule has 0 spiro atoms. The van der Waals surface area contributed by atoms with Crippen LogP contribution in [-0.2, 0) is 0 Å². The Morgan fingerprint density at radius 2 is 1.95 bits per heavy atom. The van der Waals surface area contributed by atoms with Gasteiger partial charge in [-0.25, -0.2) is 8.78 Å². The van der Waals surface area contributed by atoms with Gasteiger partial charge in [-0.15, -0.1) is 0 Å². The standard InChI is InChI=1S/C15H23F2NO/c1-11(2)5-3-4-8-18-10-15(19)13-7-6-12(16)9-14(13)17/h6-7,9,11,15,18-19H,3-5,8,10H2,1-2H3. The number of benzene rings is 1. The summed E-state index contributed by atoms with van der Waals surface area (Å²) >= 11 is 0. The molecule has 4 heteroatoms. The Bertz CT molecular complexity index is 382. The van der Waals surface area contributed by atoms with E-state index in [4.69, 9.17) is 0 Å². The molecule has 0 bridgehead atoms. The topological polar surface area (TPSA) is 32.3 Å². The molecule has 0 aromatic heterocycles. The Balaban J connectivity index is 2.25. The summed E-state index contributed by atoms with van der Waals surface area (Å²) in [6.45, 7) is 5.46. The largest absolute Gasteiger partial charge is 0.387 e. The van der Waals surface area contributed by atoms with Crippen LogP contribution >= 0.6 is 0 Å². The smallest absolute Gasteiger partial charge is 0.131 e. The fourth-order valence-corrected chi connectivity index (χ4v) is 1.92. The first kappa shape index (κ1) is 16.1. The van der Waals surface area contributed by atoms with Gasteiger partial charge in [0, 0.05) is 18.2 Å². The summed E-state index contributed by atoms with van der Waals surface area (Å²) in [5.41, 5.74) is 0.135. The lowest BCUT2D eigenvalue weighted by Gasteiger charge is -2.13. The number of aliphatic hydroxyl groups excluding tert-OH is 1. The van der Waals surface area contributed by atoms with Gasteiger partial charge in [0.15, 0.2) is 0 Å². The van der Waals surface area contributed by atoms with Crippen LogP contribution in [0.15, 0.2) is 18.2 Å². The molecule has 2 N–H and O–H groups in total. The Labute approximate surface area is 113 Å². The molecule has 0 fully saturated rings. The van der Waals surface area contributed by atoms with Gasteiger partial charge in [0.05, 0.1) is 6.10 Å². The molecular formula is C15H23F2NO. The number of rotatable bonds is 8. The molecule has 108 valence electrons. The van der Waals surface area contributed by atoms with E-state index in [1.54, 1.807) is 0 Å². The van der Waals surface area contributed by atoms with Crippen molar-refractivity contribution >= 4 is 0 Å². The number of hydrogen-bond acceptors (Lipinski definition) is 2. The fraction of sp³-hybridized carbons (Fsp3) is 0.600. The lowest BCUT2D eigenvalue weighted by molar-refractivity contribution is 0.170. The van der Waals surface area contributed by atoms with Crippen molar-refractivity contribution in [3.05, 3.63) is 35.4 Å². The van der Waals surface area contributed by atoms with Crippen molar-refractivity contribution in [3.8, 4) is 0 Å². The van der Waals surface area contributed by atoms with Crippen molar-refractivity contribution < 1.29 is 13.9 Å². The van der Waals surface area contributed by atoms with E-state index in [1.807, 2.05) is 0 Å². The van der Waals surface area contributed by atoms with Gasteiger partial charge in [-0.05, 0) is 24.9 Å². The van der Waals surface area contributed by atoms with Crippen LogP contribution in [0.1, 0.15) is 44.8 Å². The predicted octanol–water partition coefficient (Wildman–Crippen LogP) is 3.41. The molecule has 0 aliphatic rings. The number of hydrogen-bond donors (Lipinski definition) is 2. The number of aliphatic hydroxyl groups is 1. The number of halogens is 2. The zero-order valence-electron chi connectivity index (χ0n) is 11.6. The third-order valence-electron chi connectivity index (χ3n) is 3.04. The van der Waals surface area contributed by atoms with Crippen LogP contribution in [0.25, 0.3) is 0 Å². The van der Waals surface area contributed by atoms with Crippen LogP contribution in [0.3, 0.4) is 0 Å². The van der Waals surface area contributed by atoms with E-state index < -0.39 is 17.7 Å². The molecular weight excluding hydrogens is 248 g/mol. The van der Waals surface area contributed by atoms with Crippen LogP contribution < -0.4 is 5.32 Å². The predicted molar refractivity (Wildman–Crippen MR) is 72.9 cm³/mol. The maximum atomic E-state index is 13.4. The maximum absolute atomic E-state index is 13.4. The van der Waals surface area contributed by atoms with Crippen molar-refractivity contribution in [2.45, 2.75) is 39.2 Å². The minimum absolute atomic E-state index is 0.135. The van der Waals surface area contributed by atoms with Crippen LogP contribution in [0, 0.1) is 17.6 Å². The Morgan fingerprint density at radius 1 is 1.21 bits per heavy atom. The third-order valence-corrected chi connectivity index (χ3v) is 3.04. The number of unbranched alkanes of at least 4 members (excludes halogenated alkanes) is 1. The zero-order valence-corrected chi connectivity index (χ0v) is 11.6. The monoisotopic (exact) mass is 271 g/mol. The summed E-state index contributed by atoms with van der Waals surface area (Å²) in [5, 5.41) is 12.9. The van der Waals surface area contributed by atoms with Crippen molar-refractivity contribution in [3.63, 3.8) is 0 Å². The van der Waals surface area contributed by atoms with E-state index in [9.17, 15) is 13.9 Å². The normalized spacial score (nSPS) is 12.9. The summed E-state index contributed by atoms with van der Waals surface area (Å²) in [5.74, 6) is -0.622. The van der Waals surface area contributed by atoms with Gasteiger partial charge in [-0.2, -0.15) is 0 Å². The summed E-state index contributed by atoms with van der Waals surface area (Å²) < 4.78 is 26.1. The van der Waals surface area contributed by atoms with E-state index in [0.717, 1.165) is 31.5 Å². The Kier molecular flexibility index (Phi) is 6.95. The molecule has 1 atom stereocenters. The van der Waals surface area contributed by atoms with E-state index >= 15 is 0 Å². The second-order valence-electron chi connectivity index (χ2n) is 5.28. The van der Waals surface area contributed by atoms with Gasteiger partial charge in [0.1, 0.15) is 11.6 Å². The van der Waals surface area contributed by atoms with Crippen molar-refractivity contribution in [2.75, 3.05) is 13.1 Å². The molecule has 0 heterocycles. The van der Waals surface area contributed by atoms with E-state index in [1.165, 1.54) is 12.5 Å². The minimum Gasteiger partial charge on any atom is -0.387 e. The van der Waals surface area contributed by atoms with Crippen molar-refractivity contribution in [1.29, 1.82) is 0 Å². The first-order valence-electron chi connectivity index (χ1n) is 6.84. The lowest BCUT2D eigenvalue weighted by atomic mass is 10.1. The van der Waals surface area contributed by atoms with Gasteiger partial charge in [-0.3, -0.25) is 0 Å². The fourth-order valence-electron chi connectivity index (χ4n) is 1.92. The van der Waals surface area contributed by atoms with E-state index in [-0.39, 0.29) is 12.1 Å². The van der Waals surface area contributed by atoms with E-state index in [2.05, 4.69) is 19.2 Å². The highest BCUT2D eigenvalue weighted by Crippen LogP contribution is 2.17. The molecule has 0 radical (unpaired) electrons. The SMILES string of the molecule is CC(C)CCCCNCC(O)c1ccc(F)cc1F. The van der Waals surface area contributed by atoms with Crippen LogP contribution in [0.4, 0.5) is 8.78 Å². The van der Waals surface area contributed by atoms with Gasteiger partial charge >= 0.3 is 0 Å². The lowest BCUT2D eigenvalue weighted by Crippen LogP contribution is -2.23. The number of nitrogens with one attached hydrogen (secondary N) is 1. The average Bonchev–Trinajstić information content (AvgIpc) is 2.32. The highest BCUT2D eigenvalue weighted by atomic mass is 19.1. The van der Waals surface area contributed by atoms with Gasteiger partial charge in [-0.1, -0.05) is 32.8 Å². The molecule has 1 aromatic carbocycles. The van der Waals surface area contributed by atoms with Crippen molar-refractivity contribution in [2.24, 2.45) is 5.92 Å². The first-order valence-corrected chi connectivity index (χ1v) is 6.84. The summed E-state index contributed by atoms with van der Waals surface area (Å²) in [6.07, 6.45) is 2.44. The molecule has 1 aromatic rings. The highest BCUT2D eigenvalue weighted by Gasteiger charge is 2.12. The molecule has 19 heavy (non-hydrogen) atoms. The van der Waals surface area contributed by atoms with Crippen LogP contribution in [0.5, 0.6) is 0 Å². The quantitative estimate of drug-likeness (QED) is 0.710. The molecule has 0 amide bonds. The van der Waals surface area contributed by atoms with Gasteiger partial charge in [0.2, 0.25) is 0 Å². The maximum Gasteiger partial charge on any atom is 0.131 e. The highest BCUT2D eigenvalue weighted by molar-refractivity contribution is 5.21. The van der Waals surface area contributed by atoms with Crippen LogP contribution in [0.2, 0.25) is 0 Å². The molecule has 0 aliphatic heterocycles. The van der Waals surface area contributed by atoms with E-state index in [0.29, 0.717) is 5.92 Å². The molecule has 0 saturated heterocycles. The van der Waals surface area contributed by atoms with Crippen LogP contribution in [-0.4, -0.2) is 18.2 Å². The summed E-state index contributed by atoms with van der Waals surface area (Å²) in [4.78, 5) is 0. The molecule has 2 nitrogen and oxygen atoms in total. The molecule has 0 saturated carbocycles. The van der Waals surface area contributed by atoms with Gasteiger partial charge in [0.25, 0.3) is 0 Å². The molecule has 0 aliphatic carbocycles.